The van der Waals surface area contributed by atoms with Gasteiger partial charge in [-0.1, -0.05) is 0 Å². The van der Waals surface area contributed by atoms with Crippen LogP contribution in [0.2, 0.25) is 0 Å². The minimum absolute atomic E-state index is 0.418. The molecule has 1 aromatic rings. The molecule has 0 fully saturated rings. The standard InChI is InChI=1S/C10H13F2N3O2S/c1-10(2,3)18(16)15-6-7-4-13-9(14-5-7)17-8(11)12/h4-6,8H,1-3H3. The Labute approximate surface area is 106 Å². The van der Waals surface area contributed by atoms with Gasteiger partial charge in [0.1, 0.15) is 11.0 Å². The van der Waals surface area contributed by atoms with Crippen LogP contribution in [-0.2, 0) is 11.0 Å². The predicted octanol–water partition coefficient (Wildman–Crippen LogP) is 1.96. The summed E-state index contributed by atoms with van der Waals surface area (Å²) < 4.78 is 42.6. The largest absolute Gasteiger partial charge is 0.401 e. The summed E-state index contributed by atoms with van der Waals surface area (Å²) in [4.78, 5) is 7.11. The zero-order chi connectivity index (χ0) is 13.8. The van der Waals surface area contributed by atoms with Crippen LogP contribution in [-0.4, -0.2) is 31.7 Å². The monoisotopic (exact) mass is 277 g/mol. The fourth-order valence-electron chi connectivity index (χ4n) is 0.800. The smallest absolute Gasteiger partial charge is 0.389 e. The molecule has 8 heteroatoms. The van der Waals surface area contributed by atoms with E-state index in [4.69, 9.17) is 0 Å². The molecule has 1 rings (SSSR count). The molecule has 0 aliphatic carbocycles. The Kier molecular flexibility index (Phi) is 4.83. The minimum atomic E-state index is -2.96. The first-order valence-corrected chi connectivity index (χ1v) is 6.12. The highest BCUT2D eigenvalue weighted by atomic mass is 32.2. The van der Waals surface area contributed by atoms with Crippen LogP contribution in [0.1, 0.15) is 26.3 Å². The van der Waals surface area contributed by atoms with E-state index in [9.17, 15) is 13.0 Å². The molecule has 5 nitrogen and oxygen atoms in total. The van der Waals surface area contributed by atoms with E-state index in [0.717, 1.165) is 0 Å². The van der Waals surface area contributed by atoms with Crippen molar-refractivity contribution < 1.29 is 17.7 Å². The zero-order valence-electron chi connectivity index (χ0n) is 10.1. The Morgan fingerprint density at radius 1 is 1.39 bits per heavy atom. The number of hydrogen-bond acceptors (Lipinski definition) is 4. The van der Waals surface area contributed by atoms with Crippen LogP contribution >= 0.6 is 0 Å². The number of rotatable bonds is 4. The minimum Gasteiger partial charge on any atom is -0.401 e. The van der Waals surface area contributed by atoms with Crippen LogP contribution in [0.3, 0.4) is 0 Å². The van der Waals surface area contributed by atoms with Gasteiger partial charge in [0.2, 0.25) is 0 Å². The van der Waals surface area contributed by atoms with Crippen molar-refractivity contribution in [2.45, 2.75) is 32.1 Å². The first-order valence-electron chi connectivity index (χ1n) is 5.02. The molecule has 0 saturated heterocycles. The Morgan fingerprint density at radius 2 is 1.94 bits per heavy atom. The van der Waals surface area contributed by atoms with Gasteiger partial charge in [0, 0.05) is 24.2 Å². The van der Waals surface area contributed by atoms with Gasteiger partial charge in [0.25, 0.3) is 0 Å². The second kappa shape index (κ2) is 5.94. The average molecular weight is 277 g/mol. The summed E-state index contributed by atoms with van der Waals surface area (Å²) in [6.45, 7) is 2.40. The van der Waals surface area contributed by atoms with E-state index in [1.54, 1.807) is 20.8 Å². The Balaban J connectivity index is 2.69. The number of hydrogen-bond donors (Lipinski definition) is 0. The van der Waals surface area contributed by atoms with Gasteiger partial charge in [0.15, 0.2) is 0 Å². The highest BCUT2D eigenvalue weighted by Crippen LogP contribution is 2.12. The van der Waals surface area contributed by atoms with E-state index in [0.29, 0.717) is 5.56 Å². The van der Waals surface area contributed by atoms with Crippen molar-refractivity contribution in [2.24, 2.45) is 4.40 Å². The first-order chi connectivity index (χ1) is 8.29. The molecule has 1 unspecified atom stereocenters. The van der Waals surface area contributed by atoms with Gasteiger partial charge in [-0.3, -0.25) is 0 Å². The summed E-state index contributed by atoms with van der Waals surface area (Å²) in [6.07, 6.45) is 3.84. The van der Waals surface area contributed by atoms with Gasteiger partial charge in [-0.2, -0.15) is 13.2 Å². The van der Waals surface area contributed by atoms with E-state index in [1.165, 1.54) is 18.6 Å². The molecular formula is C10H13F2N3O2S. The van der Waals surface area contributed by atoms with Crippen LogP contribution in [0.15, 0.2) is 16.8 Å². The predicted molar refractivity (Wildman–Crippen MR) is 64.2 cm³/mol. The third kappa shape index (κ3) is 4.82. The van der Waals surface area contributed by atoms with Crippen molar-refractivity contribution in [1.29, 1.82) is 0 Å². The highest BCUT2D eigenvalue weighted by Gasteiger charge is 2.18. The van der Waals surface area contributed by atoms with E-state index in [2.05, 4.69) is 19.1 Å². The fraction of sp³-hybridized carbons (Fsp3) is 0.500. The van der Waals surface area contributed by atoms with Crippen LogP contribution in [0, 0.1) is 0 Å². The molecule has 0 saturated carbocycles. The first kappa shape index (κ1) is 14.6. The summed E-state index contributed by atoms with van der Waals surface area (Å²) in [5.41, 5.74) is 0.453. The third-order valence-electron chi connectivity index (χ3n) is 1.66. The highest BCUT2D eigenvalue weighted by molar-refractivity contribution is 7.85. The Hall–Kier alpha value is -1.44. The second-order valence-electron chi connectivity index (χ2n) is 4.27. The molecule has 1 heterocycles. The van der Waals surface area contributed by atoms with Gasteiger partial charge in [-0.25, -0.2) is 14.2 Å². The van der Waals surface area contributed by atoms with Crippen molar-refractivity contribution in [3.63, 3.8) is 0 Å². The molecule has 0 aliphatic heterocycles. The number of alkyl halides is 2. The molecule has 0 spiro atoms. The number of halogens is 2. The SMILES string of the molecule is CC(C)(C)S(=O)N=Cc1cnc(OC(F)F)nc1. The molecule has 0 amide bonds. The van der Waals surface area contributed by atoms with Crippen molar-refractivity contribution in [3.8, 4) is 6.01 Å². The molecule has 0 aromatic carbocycles. The van der Waals surface area contributed by atoms with Crippen LogP contribution in [0.5, 0.6) is 6.01 Å². The summed E-state index contributed by atoms with van der Waals surface area (Å²) in [5.74, 6) is 0. The molecule has 0 bridgehead atoms. The summed E-state index contributed by atoms with van der Waals surface area (Å²) in [5, 5.41) is 0. The van der Waals surface area contributed by atoms with Gasteiger partial charge in [0.05, 0.1) is 4.75 Å². The van der Waals surface area contributed by atoms with E-state index >= 15 is 0 Å². The summed E-state index contributed by atoms with van der Waals surface area (Å²) in [7, 11) is -1.39. The third-order valence-corrected chi connectivity index (χ3v) is 3.01. The fourth-order valence-corrected chi connectivity index (χ4v) is 1.33. The van der Waals surface area contributed by atoms with Gasteiger partial charge >= 0.3 is 12.6 Å². The normalized spacial score (nSPS) is 14.1. The zero-order valence-corrected chi connectivity index (χ0v) is 10.9. The summed E-state index contributed by atoms with van der Waals surface area (Å²) >= 11 is 0. The van der Waals surface area contributed by atoms with E-state index < -0.39 is 28.4 Å². The number of nitrogens with zero attached hydrogens (tertiary/aromatic N) is 3. The van der Waals surface area contributed by atoms with Crippen LogP contribution in [0.4, 0.5) is 8.78 Å². The van der Waals surface area contributed by atoms with Gasteiger partial charge in [-0.05, 0) is 20.8 Å². The lowest BCUT2D eigenvalue weighted by Crippen LogP contribution is -2.19. The average Bonchev–Trinajstić information content (AvgIpc) is 2.25. The quantitative estimate of drug-likeness (QED) is 0.789. The van der Waals surface area contributed by atoms with Crippen molar-refractivity contribution in [2.75, 3.05) is 0 Å². The maximum atomic E-state index is 11.8. The number of aromatic nitrogens is 2. The molecule has 0 radical (unpaired) electrons. The molecule has 100 valence electrons. The number of ether oxygens (including phenoxy) is 1. The Morgan fingerprint density at radius 3 is 2.39 bits per heavy atom. The van der Waals surface area contributed by atoms with Crippen LogP contribution < -0.4 is 4.74 Å². The molecule has 1 atom stereocenters. The topological polar surface area (TPSA) is 64.4 Å². The maximum absolute atomic E-state index is 11.8. The lowest BCUT2D eigenvalue weighted by molar-refractivity contribution is -0.0560. The Bertz CT molecular complexity index is 443. The molecule has 0 aliphatic rings. The lowest BCUT2D eigenvalue weighted by atomic mass is 10.3. The van der Waals surface area contributed by atoms with Crippen molar-refractivity contribution >= 4 is 17.2 Å². The van der Waals surface area contributed by atoms with Crippen LogP contribution in [0.25, 0.3) is 0 Å². The second-order valence-corrected chi connectivity index (χ2v) is 6.21. The van der Waals surface area contributed by atoms with Crippen molar-refractivity contribution in [1.82, 2.24) is 9.97 Å². The maximum Gasteiger partial charge on any atom is 0.389 e. The molecule has 0 N–H and O–H groups in total. The summed E-state index contributed by atoms with van der Waals surface area (Å²) in [6, 6.07) is -0.418. The van der Waals surface area contributed by atoms with E-state index in [-0.39, 0.29) is 0 Å². The molecule has 1 aromatic heterocycles. The van der Waals surface area contributed by atoms with Gasteiger partial charge in [-0.15, -0.1) is 0 Å². The van der Waals surface area contributed by atoms with E-state index in [1.807, 2.05) is 0 Å². The lowest BCUT2D eigenvalue weighted by Gasteiger charge is -2.12. The molecular weight excluding hydrogens is 264 g/mol. The molecule has 18 heavy (non-hydrogen) atoms. The van der Waals surface area contributed by atoms with Crippen molar-refractivity contribution in [3.05, 3.63) is 18.0 Å². The van der Waals surface area contributed by atoms with Gasteiger partial charge < -0.3 is 4.74 Å².